The number of anilines is 1. The van der Waals surface area contributed by atoms with E-state index < -0.39 is 0 Å². The molecule has 94 valence electrons. The summed E-state index contributed by atoms with van der Waals surface area (Å²) in [6.07, 6.45) is 3.40. The quantitative estimate of drug-likeness (QED) is 0.665. The van der Waals surface area contributed by atoms with Crippen LogP contribution < -0.4 is 14.9 Å². The second kappa shape index (κ2) is 6.02. The lowest BCUT2D eigenvalue weighted by atomic mass is 10.2. The third-order valence-electron chi connectivity index (χ3n) is 2.24. The number of benzene rings is 1. The molecule has 1 N–H and O–H groups in total. The Hall–Kier alpha value is -2.08. The predicted octanol–water partition coefficient (Wildman–Crippen LogP) is 2.61. The molecule has 0 radical (unpaired) electrons. The number of methoxy groups -OCH3 is 2. The SMILES string of the molecule is COc1ccc(/C=N/Nc2nccs2)c(OC)c1. The fraction of sp³-hybridized carbons (Fsp3) is 0.167. The molecule has 18 heavy (non-hydrogen) atoms. The zero-order valence-electron chi connectivity index (χ0n) is 10.1. The first-order valence-electron chi connectivity index (χ1n) is 5.24. The molecule has 6 heteroatoms. The number of thiazole rings is 1. The fourth-order valence-corrected chi connectivity index (χ4v) is 1.84. The van der Waals surface area contributed by atoms with Crippen LogP contribution in [0.1, 0.15) is 5.56 Å². The smallest absolute Gasteiger partial charge is 0.203 e. The van der Waals surface area contributed by atoms with Gasteiger partial charge in [-0.05, 0) is 12.1 Å². The van der Waals surface area contributed by atoms with Crippen LogP contribution in [0.15, 0.2) is 34.9 Å². The number of hydrogen-bond acceptors (Lipinski definition) is 6. The van der Waals surface area contributed by atoms with E-state index >= 15 is 0 Å². The minimum absolute atomic E-state index is 0.707. The van der Waals surface area contributed by atoms with Crippen LogP contribution in [-0.4, -0.2) is 25.4 Å². The molecule has 1 aromatic carbocycles. The number of aromatic nitrogens is 1. The molecule has 0 spiro atoms. The van der Waals surface area contributed by atoms with E-state index in [1.807, 2.05) is 23.6 Å². The first-order chi connectivity index (χ1) is 8.83. The van der Waals surface area contributed by atoms with Crippen LogP contribution >= 0.6 is 11.3 Å². The Labute approximate surface area is 109 Å². The Morgan fingerprint density at radius 3 is 2.89 bits per heavy atom. The van der Waals surface area contributed by atoms with Gasteiger partial charge < -0.3 is 9.47 Å². The zero-order chi connectivity index (χ0) is 12.8. The maximum atomic E-state index is 5.26. The number of nitrogens with zero attached hydrogens (tertiary/aromatic N) is 2. The molecule has 0 saturated heterocycles. The molecule has 0 aliphatic carbocycles. The zero-order valence-corrected chi connectivity index (χ0v) is 10.9. The predicted molar refractivity (Wildman–Crippen MR) is 72.9 cm³/mol. The average Bonchev–Trinajstić information content (AvgIpc) is 2.92. The Kier molecular flexibility index (Phi) is 4.14. The van der Waals surface area contributed by atoms with Crippen LogP contribution in [0.4, 0.5) is 5.13 Å². The van der Waals surface area contributed by atoms with Gasteiger partial charge in [0.15, 0.2) is 0 Å². The van der Waals surface area contributed by atoms with Gasteiger partial charge in [0, 0.05) is 23.2 Å². The second-order valence-electron chi connectivity index (χ2n) is 3.32. The second-order valence-corrected chi connectivity index (χ2v) is 4.21. The number of hydrogen-bond donors (Lipinski definition) is 1. The number of hydrazone groups is 1. The molecule has 1 heterocycles. The Bertz CT molecular complexity index is 526. The Balaban J connectivity index is 2.10. The van der Waals surface area contributed by atoms with Crippen LogP contribution in [0.5, 0.6) is 11.5 Å². The van der Waals surface area contributed by atoms with Crippen LogP contribution in [0.3, 0.4) is 0 Å². The first kappa shape index (κ1) is 12.4. The van der Waals surface area contributed by atoms with E-state index in [9.17, 15) is 0 Å². The highest BCUT2D eigenvalue weighted by molar-refractivity contribution is 7.13. The standard InChI is InChI=1S/C12H13N3O2S/c1-16-10-4-3-9(11(7-10)17-2)8-14-15-12-13-5-6-18-12/h3-8H,1-2H3,(H,13,15)/b14-8+. The van der Waals surface area contributed by atoms with E-state index in [-0.39, 0.29) is 0 Å². The monoisotopic (exact) mass is 263 g/mol. The van der Waals surface area contributed by atoms with E-state index in [1.54, 1.807) is 26.6 Å². The van der Waals surface area contributed by atoms with Gasteiger partial charge in [-0.3, -0.25) is 5.43 Å². The van der Waals surface area contributed by atoms with Crippen molar-refractivity contribution in [2.75, 3.05) is 19.6 Å². The fourth-order valence-electron chi connectivity index (χ4n) is 1.36. The summed E-state index contributed by atoms with van der Waals surface area (Å²) in [7, 11) is 3.23. The molecule has 1 aromatic heterocycles. The van der Waals surface area contributed by atoms with Crippen LogP contribution in [0, 0.1) is 0 Å². The molecule has 0 unspecified atom stereocenters. The molecule has 0 aliphatic heterocycles. The summed E-state index contributed by atoms with van der Waals surface area (Å²) in [6, 6.07) is 5.54. The van der Waals surface area contributed by atoms with Crippen molar-refractivity contribution in [3.05, 3.63) is 35.3 Å². The molecule has 2 rings (SSSR count). The van der Waals surface area contributed by atoms with Gasteiger partial charge in [0.2, 0.25) is 5.13 Å². The maximum absolute atomic E-state index is 5.26. The topological polar surface area (TPSA) is 55.7 Å². The third-order valence-corrected chi connectivity index (χ3v) is 2.91. The summed E-state index contributed by atoms with van der Waals surface area (Å²) in [5, 5.41) is 6.73. The van der Waals surface area contributed by atoms with Gasteiger partial charge in [-0.2, -0.15) is 5.10 Å². The number of nitrogens with one attached hydrogen (secondary N) is 1. The molecular formula is C12H13N3O2S. The van der Waals surface area contributed by atoms with Crippen LogP contribution in [0.25, 0.3) is 0 Å². The van der Waals surface area contributed by atoms with Gasteiger partial charge in [0.1, 0.15) is 11.5 Å². The number of ether oxygens (including phenoxy) is 2. The van der Waals surface area contributed by atoms with E-state index in [1.165, 1.54) is 11.3 Å². The molecule has 2 aromatic rings. The largest absolute Gasteiger partial charge is 0.497 e. The lowest BCUT2D eigenvalue weighted by Crippen LogP contribution is -1.94. The van der Waals surface area contributed by atoms with Crippen LogP contribution in [-0.2, 0) is 0 Å². The van der Waals surface area contributed by atoms with Crippen molar-refractivity contribution in [1.29, 1.82) is 0 Å². The summed E-state index contributed by atoms with van der Waals surface area (Å²) in [6.45, 7) is 0. The summed E-state index contributed by atoms with van der Waals surface area (Å²) >= 11 is 1.49. The molecule has 0 aliphatic rings. The Morgan fingerprint density at radius 2 is 2.22 bits per heavy atom. The molecule has 0 fully saturated rings. The number of rotatable bonds is 5. The molecule has 0 amide bonds. The van der Waals surface area contributed by atoms with Gasteiger partial charge in [-0.25, -0.2) is 4.98 Å². The minimum atomic E-state index is 0.707. The van der Waals surface area contributed by atoms with Crippen molar-refractivity contribution in [3.63, 3.8) is 0 Å². The maximum Gasteiger partial charge on any atom is 0.203 e. The van der Waals surface area contributed by atoms with Gasteiger partial charge in [-0.1, -0.05) is 0 Å². The Morgan fingerprint density at radius 1 is 1.33 bits per heavy atom. The van der Waals surface area contributed by atoms with Crippen molar-refractivity contribution in [2.45, 2.75) is 0 Å². The lowest BCUT2D eigenvalue weighted by Gasteiger charge is -2.06. The van der Waals surface area contributed by atoms with Crippen molar-refractivity contribution in [1.82, 2.24) is 4.98 Å². The van der Waals surface area contributed by atoms with Crippen LogP contribution in [0.2, 0.25) is 0 Å². The lowest BCUT2D eigenvalue weighted by molar-refractivity contribution is 0.394. The average molecular weight is 263 g/mol. The normalized spacial score (nSPS) is 10.6. The van der Waals surface area contributed by atoms with Gasteiger partial charge >= 0.3 is 0 Å². The summed E-state index contributed by atoms with van der Waals surface area (Å²) in [5.41, 5.74) is 3.71. The van der Waals surface area contributed by atoms with E-state index in [0.717, 1.165) is 16.4 Å². The van der Waals surface area contributed by atoms with Crippen molar-refractivity contribution >= 4 is 22.7 Å². The molecular weight excluding hydrogens is 250 g/mol. The third kappa shape index (κ3) is 2.98. The highest BCUT2D eigenvalue weighted by Gasteiger charge is 2.02. The van der Waals surface area contributed by atoms with Crippen molar-refractivity contribution in [2.24, 2.45) is 5.10 Å². The van der Waals surface area contributed by atoms with E-state index in [2.05, 4.69) is 15.5 Å². The van der Waals surface area contributed by atoms with Crippen molar-refractivity contribution in [3.8, 4) is 11.5 Å². The van der Waals surface area contributed by atoms with E-state index in [4.69, 9.17) is 9.47 Å². The van der Waals surface area contributed by atoms with E-state index in [0.29, 0.717) is 5.75 Å². The molecule has 0 atom stereocenters. The summed E-state index contributed by atoms with van der Waals surface area (Å²) in [4.78, 5) is 4.06. The highest BCUT2D eigenvalue weighted by Crippen LogP contribution is 2.23. The highest BCUT2D eigenvalue weighted by atomic mass is 32.1. The first-order valence-corrected chi connectivity index (χ1v) is 6.12. The molecule has 0 bridgehead atoms. The minimum Gasteiger partial charge on any atom is -0.497 e. The summed E-state index contributed by atoms with van der Waals surface area (Å²) in [5.74, 6) is 1.45. The van der Waals surface area contributed by atoms with Gasteiger partial charge in [0.25, 0.3) is 0 Å². The summed E-state index contributed by atoms with van der Waals surface area (Å²) < 4.78 is 10.4. The van der Waals surface area contributed by atoms with Crippen molar-refractivity contribution < 1.29 is 9.47 Å². The van der Waals surface area contributed by atoms with Gasteiger partial charge in [-0.15, -0.1) is 11.3 Å². The van der Waals surface area contributed by atoms with Gasteiger partial charge in [0.05, 0.1) is 20.4 Å². The molecule has 5 nitrogen and oxygen atoms in total. The molecule has 0 saturated carbocycles.